The van der Waals surface area contributed by atoms with E-state index in [-0.39, 0.29) is 5.91 Å². The Morgan fingerprint density at radius 2 is 2.25 bits per heavy atom. The predicted molar refractivity (Wildman–Crippen MR) is 66.1 cm³/mol. The van der Waals surface area contributed by atoms with Crippen LogP contribution in [0.3, 0.4) is 0 Å². The number of carbonyl (C=O) groups is 1. The first-order chi connectivity index (χ1) is 7.67. The Morgan fingerprint density at radius 3 is 2.88 bits per heavy atom. The zero-order valence-corrected chi connectivity index (χ0v) is 10.5. The van der Waals surface area contributed by atoms with Gasteiger partial charge in [-0.05, 0) is 25.8 Å². The van der Waals surface area contributed by atoms with Crippen LogP contribution in [0.4, 0.5) is 0 Å². The SMILES string of the molecule is CCNC(=O)CCN1CCC(N)C(CC)C1. The molecule has 0 spiro atoms. The van der Waals surface area contributed by atoms with Gasteiger partial charge < -0.3 is 16.0 Å². The number of carbonyl (C=O) groups excluding carboxylic acids is 1. The summed E-state index contributed by atoms with van der Waals surface area (Å²) in [6.07, 6.45) is 2.81. The van der Waals surface area contributed by atoms with E-state index in [1.54, 1.807) is 0 Å². The van der Waals surface area contributed by atoms with Crippen LogP contribution in [0.1, 0.15) is 33.1 Å². The Bertz CT molecular complexity index is 220. The molecule has 16 heavy (non-hydrogen) atoms. The molecule has 1 saturated heterocycles. The topological polar surface area (TPSA) is 58.4 Å². The zero-order chi connectivity index (χ0) is 12.0. The Kier molecular flexibility index (Phi) is 5.77. The van der Waals surface area contributed by atoms with Crippen LogP contribution in [0.15, 0.2) is 0 Å². The Balaban J connectivity index is 2.25. The van der Waals surface area contributed by atoms with E-state index in [0.717, 1.165) is 39.0 Å². The van der Waals surface area contributed by atoms with E-state index in [4.69, 9.17) is 5.73 Å². The summed E-state index contributed by atoms with van der Waals surface area (Å²) in [5.41, 5.74) is 6.05. The first kappa shape index (κ1) is 13.5. The third-order valence-electron chi connectivity index (χ3n) is 3.43. The fraction of sp³-hybridized carbons (Fsp3) is 0.917. The average Bonchev–Trinajstić information content (AvgIpc) is 2.28. The minimum Gasteiger partial charge on any atom is -0.356 e. The molecule has 1 aliphatic heterocycles. The molecule has 94 valence electrons. The van der Waals surface area contributed by atoms with Crippen molar-refractivity contribution < 1.29 is 4.79 Å². The van der Waals surface area contributed by atoms with E-state index in [2.05, 4.69) is 17.1 Å². The lowest BCUT2D eigenvalue weighted by molar-refractivity contribution is -0.121. The second-order valence-corrected chi connectivity index (χ2v) is 4.62. The molecular weight excluding hydrogens is 202 g/mol. The molecule has 0 bridgehead atoms. The molecule has 4 heteroatoms. The van der Waals surface area contributed by atoms with Gasteiger partial charge in [0.25, 0.3) is 0 Å². The molecule has 2 atom stereocenters. The summed E-state index contributed by atoms with van der Waals surface area (Å²) in [7, 11) is 0. The fourth-order valence-corrected chi connectivity index (χ4v) is 2.31. The van der Waals surface area contributed by atoms with Gasteiger partial charge in [0.2, 0.25) is 5.91 Å². The van der Waals surface area contributed by atoms with E-state index in [0.29, 0.717) is 18.4 Å². The van der Waals surface area contributed by atoms with Crippen LogP contribution in [0.25, 0.3) is 0 Å². The first-order valence-electron chi connectivity index (χ1n) is 6.42. The van der Waals surface area contributed by atoms with Gasteiger partial charge in [0, 0.05) is 32.1 Å². The maximum Gasteiger partial charge on any atom is 0.221 e. The van der Waals surface area contributed by atoms with E-state index in [9.17, 15) is 4.79 Å². The predicted octanol–water partition coefficient (Wildman–Crippen LogP) is 0.572. The molecule has 1 amide bonds. The molecule has 0 radical (unpaired) electrons. The molecule has 0 saturated carbocycles. The molecule has 0 aliphatic carbocycles. The van der Waals surface area contributed by atoms with Crippen molar-refractivity contribution in [3.8, 4) is 0 Å². The van der Waals surface area contributed by atoms with Crippen molar-refractivity contribution in [1.82, 2.24) is 10.2 Å². The van der Waals surface area contributed by atoms with Crippen LogP contribution in [-0.4, -0.2) is 43.0 Å². The van der Waals surface area contributed by atoms with Gasteiger partial charge in [0.05, 0.1) is 0 Å². The quantitative estimate of drug-likeness (QED) is 0.722. The standard InChI is InChI=1S/C12H25N3O/c1-3-10-9-15(7-5-11(10)13)8-6-12(16)14-4-2/h10-11H,3-9,13H2,1-2H3,(H,14,16). The van der Waals surface area contributed by atoms with Crippen LogP contribution < -0.4 is 11.1 Å². The van der Waals surface area contributed by atoms with Gasteiger partial charge in [-0.25, -0.2) is 0 Å². The minimum absolute atomic E-state index is 0.158. The van der Waals surface area contributed by atoms with Crippen molar-refractivity contribution in [2.24, 2.45) is 11.7 Å². The highest BCUT2D eigenvalue weighted by molar-refractivity contribution is 5.75. The summed E-state index contributed by atoms with van der Waals surface area (Å²) >= 11 is 0. The smallest absolute Gasteiger partial charge is 0.221 e. The molecule has 0 aromatic heterocycles. The number of nitrogens with two attached hydrogens (primary N) is 1. The van der Waals surface area contributed by atoms with Gasteiger partial charge in [-0.15, -0.1) is 0 Å². The van der Waals surface area contributed by atoms with Gasteiger partial charge in [-0.1, -0.05) is 13.3 Å². The van der Waals surface area contributed by atoms with Gasteiger partial charge in [-0.2, -0.15) is 0 Å². The highest BCUT2D eigenvalue weighted by Crippen LogP contribution is 2.18. The third-order valence-corrected chi connectivity index (χ3v) is 3.43. The lowest BCUT2D eigenvalue weighted by Gasteiger charge is -2.36. The van der Waals surface area contributed by atoms with E-state index < -0.39 is 0 Å². The second-order valence-electron chi connectivity index (χ2n) is 4.62. The van der Waals surface area contributed by atoms with Gasteiger partial charge in [0.15, 0.2) is 0 Å². The number of likely N-dealkylation sites (tertiary alicyclic amines) is 1. The van der Waals surface area contributed by atoms with Crippen molar-refractivity contribution in [3.63, 3.8) is 0 Å². The maximum atomic E-state index is 11.3. The molecule has 3 N–H and O–H groups in total. The molecule has 1 aliphatic rings. The number of nitrogens with zero attached hydrogens (tertiary/aromatic N) is 1. The largest absolute Gasteiger partial charge is 0.356 e. The van der Waals surface area contributed by atoms with E-state index in [1.807, 2.05) is 6.92 Å². The van der Waals surface area contributed by atoms with Crippen molar-refractivity contribution >= 4 is 5.91 Å². The van der Waals surface area contributed by atoms with Crippen molar-refractivity contribution in [2.45, 2.75) is 39.2 Å². The normalized spacial score (nSPS) is 26.7. The second kappa shape index (κ2) is 6.86. The third kappa shape index (κ3) is 4.10. The number of hydrogen-bond acceptors (Lipinski definition) is 3. The highest BCUT2D eigenvalue weighted by Gasteiger charge is 2.25. The molecule has 1 heterocycles. The number of hydrogen-bond donors (Lipinski definition) is 2. The number of rotatable bonds is 5. The van der Waals surface area contributed by atoms with E-state index >= 15 is 0 Å². The summed E-state index contributed by atoms with van der Waals surface area (Å²) < 4.78 is 0. The van der Waals surface area contributed by atoms with Crippen LogP contribution in [-0.2, 0) is 4.79 Å². The van der Waals surface area contributed by atoms with Crippen molar-refractivity contribution in [2.75, 3.05) is 26.2 Å². The summed E-state index contributed by atoms with van der Waals surface area (Å²) in [5, 5.41) is 2.83. The first-order valence-corrected chi connectivity index (χ1v) is 6.42. The summed E-state index contributed by atoms with van der Waals surface area (Å²) in [6, 6.07) is 0.353. The van der Waals surface area contributed by atoms with Gasteiger partial charge in [0.1, 0.15) is 0 Å². The summed E-state index contributed by atoms with van der Waals surface area (Å²) in [4.78, 5) is 13.7. The number of nitrogens with one attached hydrogen (secondary N) is 1. The monoisotopic (exact) mass is 227 g/mol. The molecule has 4 nitrogen and oxygen atoms in total. The number of piperidine rings is 1. The van der Waals surface area contributed by atoms with Crippen LogP contribution in [0.5, 0.6) is 0 Å². The lowest BCUT2D eigenvalue weighted by Crippen LogP contribution is -2.47. The Labute approximate surface area is 98.6 Å². The van der Waals surface area contributed by atoms with Gasteiger partial charge in [-0.3, -0.25) is 4.79 Å². The van der Waals surface area contributed by atoms with E-state index in [1.165, 1.54) is 0 Å². The fourth-order valence-electron chi connectivity index (χ4n) is 2.31. The zero-order valence-electron chi connectivity index (χ0n) is 10.5. The molecule has 1 fully saturated rings. The molecule has 1 rings (SSSR count). The molecule has 0 aromatic carbocycles. The average molecular weight is 227 g/mol. The molecule has 0 aromatic rings. The van der Waals surface area contributed by atoms with Crippen LogP contribution >= 0.6 is 0 Å². The highest BCUT2D eigenvalue weighted by atomic mass is 16.1. The van der Waals surface area contributed by atoms with Crippen LogP contribution in [0, 0.1) is 5.92 Å². The molecule has 2 unspecified atom stereocenters. The molecular formula is C12H25N3O. The minimum atomic E-state index is 0.158. The summed E-state index contributed by atoms with van der Waals surface area (Å²) in [5.74, 6) is 0.758. The Hall–Kier alpha value is -0.610. The van der Waals surface area contributed by atoms with Crippen molar-refractivity contribution in [3.05, 3.63) is 0 Å². The summed E-state index contributed by atoms with van der Waals surface area (Å²) in [6.45, 7) is 7.83. The maximum absolute atomic E-state index is 11.3. The van der Waals surface area contributed by atoms with Crippen molar-refractivity contribution in [1.29, 1.82) is 0 Å². The Morgan fingerprint density at radius 1 is 1.50 bits per heavy atom. The van der Waals surface area contributed by atoms with Crippen LogP contribution in [0.2, 0.25) is 0 Å². The van der Waals surface area contributed by atoms with Gasteiger partial charge >= 0.3 is 0 Å². The lowest BCUT2D eigenvalue weighted by atomic mass is 9.90. The number of amides is 1.